The lowest BCUT2D eigenvalue weighted by atomic mass is 10.2. The number of rotatable bonds is 6. The predicted molar refractivity (Wildman–Crippen MR) is 74.8 cm³/mol. The highest BCUT2D eigenvalue weighted by molar-refractivity contribution is 7.89. The number of aromatic nitrogens is 2. The van der Waals surface area contributed by atoms with Crippen molar-refractivity contribution in [2.75, 3.05) is 13.2 Å². The van der Waals surface area contributed by atoms with E-state index in [4.69, 9.17) is 4.74 Å². The van der Waals surface area contributed by atoms with Crippen LogP contribution in [0.5, 0.6) is 0 Å². The molecule has 1 aliphatic rings. The number of nitrogens with zero attached hydrogens (tertiary/aromatic N) is 1. The standard InChI is InChI=1S/C12H22N4O3S/c1-4-13-7-11-12(8(2)14-15-11)20(17,18)16-10-5-6-19-9(10)3/h9-10,13,16H,4-7H2,1-3H3,(H,14,15). The second-order valence-electron chi connectivity index (χ2n) is 5.00. The Labute approximate surface area is 119 Å². The third-order valence-electron chi connectivity index (χ3n) is 3.46. The molecule has 0 aromatic carbocycles. The van der Waals surface area contributed by atoms with E-state index >= 15 is 0 Å². The van der Waals surface area contributed by atoms with Crippen LogP contribution in [0.4, 0.5) is 0 Å². The summed E-state index contributed by atoms with van der Waals surface area (Å²) in [5, 5.41) is 9.92. The second-order valence-corrected chi connectivity index (χ2v) is 6.65. The molecule has 0 spiro atoms. The Morgan fingerprint density at radius 1 is 1.50 bits per heavy atom. The first-order chi connectivity index (χ1) is 9.45. The number of ether oxygens (including phenoxy) is 1. The second kappa shape index (κ2) is 6.21. The highest BCUT2D eigenvalue weighted by Crippen LogP contribution is 2.21. The van der Waals surface area contributed by atoms with Crippen LogP contribution < -0.4 is 10.0 Å². The Hall–Kier alpha value is -0.960. The number of aryl methyl sites for hydroxylation is 1. The Balaban J connectivity index is 2.22. The van der Waals surface area contributed by atoms with Crippen LogP contribution >= 0.6 is 0 Å². The van der Waals surface area contributed by atoms with Crippen LogP contribution in [0.2, 0.25) is 0 Å². The lowest BCUT2D eigenvalue weighted by molar-refractivity contribution is 0.117. The van der Waals surface area contributed by atoms with E-state index in [1.807, 2.05) is 13.8 Å². The van der Waals surface area contributed by atoms with Crippen LogP contribution in [0.25, 0.3) is 0 Å². The fourth-order valence-electron chi connectivity index (χ4n) is 2.33. The molecule has 2 atom stereocenters. The molecule has 8 heteroatoms. The first-order valence-electron chi connectivity index (χ1n) is 6.84. The van der Waals surface area contributed by atoms with Gasteiger partial charge in [-0.05, 0) is 26.8 Å². The maximum atomic E-state index is 12.5. The Bertz CT molecular complexity index is 555. The van der Waals surface area contributed by atoms with Gasteiger partial charge >= 0.3 is 0 Å². The lowest BCUT2D eigenvalue weighted by Crippen LogP contribution is -2.39. The van der Waals surface area contributed by atoms with Gasteiger partial charge in [-0.3, -0.25) is 5.10 Å². The SMILES string of the molecule is CCNCc1n[nH]c(C)c1S(=O)(=O)NC1CCOC1C. The zero-order valence-electron chi connectivity index (χ0n) is 12.1. The zero-order chi connectivity index (χ0) is 14.8. The van der Waals surface area contributed by atoms with Gasteiger partial charge in [-0.1, -0.05) is 6.92 Å². The van der Waals surface area contributed by atoms with E-state index in [2.05, 4.69) is 20.2 Å². The van der Waals surface area contributed by atoms with Gasteiger partial charge in [-0.2, -0.15) is 5.10 Å². The van der Waals surface area contributed by atoms with Crippen molar-refractivity contribution in [2.24, 2.45) is 0 Å². The maximum Gasteiger partial charge on any atom is 0.244 e. The third kappa shape index (κ3) is 3.20. The van der Waals surface area contributed by atoms with Gasteiger partial charge in [0.25, 0.3) is 0 Å². The smallest absolute Gasteiger partial charge is 0.244 e. The van der Waals surface area contributed by atoms with Crippen molar-refractivity contribution >= 4 is 10.0 Å². The van der Waals surface area contributed by atoms with Gasteiger partial charge in [-0.15, -0.1) is 0 Å². The molecule has 1 fully saturated rings. The van der Waals surface area contributed by atoms with Crippen LogP contribution in [0.15, 0.2) is 4.90 Å². The molecule has 2 heterocycles. The molecule has 7 nitrogen and oxygen atoms in total. The van der Waals surface area contributed by atoms with E-state index in [0.29, 0.717) is 31.0 Å². The summed E-state index contributed by atoms with van der Waals surface area (Å²) in [6.07, 6.45) is 0.592. The third-order valence-corrected chi connectivity index (χ3v) is 5.15. The van der Waals surface area contributed by atoms with Crippen molar-refractivity contribution in [1.29, 1.82) is 0 Å². The molecular weight excluding hydrogens is 280 g/mol. The van der Waals surface area contributed by atoms with Gasteiger partial charge < -0.3 is 10.1 Å². The Morgan fingerprint density at radius 3 is 2.85 bits per heavy atom. The van der Waals surface area contributed by atoms with Crippen LogP contribution in [0.3, 0.4) is 0 Å². The number of hydrogen-bond donors (Lipinski definition) is 3. The molecule has 1 saturated heterocycles. The van der Waals surface area contributed by atoms with Gasteiger partial charge in [0.1, 0.15) is 4.90 Å². The molecule has 1 aromatic rings. The maximum absolute atomic E-state index is 12.5. The average Bonchev–Trinajstić information content (AvgIpc) is 2.94. The summed E-state index contributed by atoms with van der Waals surface area (Å²) in [6.45, 7) is 7.32. The van der Waals surface area contributed by atoms with Gasteiger partial charge in [0.2, 0.25) is 10.0 Å². The molecule has 114 valence electrons. The van der Waals surface area contributed by atoms with Crippen LogP contribution in [-0.4, -0.2) is 43.9 Å². The molecule has 0 aliphatic carbocycles. The monoisotopic (exact) mass is 302 g/mol. The minimum Gasteiger partial charge on any atom is -0.377 e. The number of sulfonamides is 1. The molecule has 0 amide bonds. The summed E-state index contributed by atoms with van der Waals surface area (Å²) < 4.78 is 33.2. The zero-order valence-corrected chi connectivity index (χ0v) is 12.9. The first kappa shape index (κ1) is 15.4. The fraction of sp³-hybridized carbons (Fsp3) is 0.750. The first-order valence-corrected chi connectivity index (χ1v) is 8.32. The number of H-pyrrole nitrogens is 1. The van der Waals surface area contributed by atoms with Gasteiger partial charge in [0.15, 0.2) is 0 Å². The molecule has 1 aromatic heterocycles. The van der Waals surface area contributed by atoms with Gasteiger partial charge in [-0.25, -0.2) is 13.1 Å². The molecule has 2 unspecified atom stereocenters. The summed E-state index contributed by atoms with van der Waals surface area (Å²) in [7, 11) is -3.59. The van der Waals surface area contributed by atoms with E-state index in [1.54, 1.807) is 6.92 Å². The highest BCUT2D eigenvalue weighted by atomic mass is 32.2. The summed E-state index contributed by atoms with van der Waals surface area (Å²) in [4.78, 5) is 0.248. The van der Waals surface area contributed by atoms with Crippen molar-refractivity contribution in [3.8, 4) is 0 Å². The fourth-order valence-corrected chi connectivity index (χ4v) is 4.04. The molecule has 0 radical (unpaired) electrons. The molecule has 0 saturated carbocycles. The largest absolute Gasteiger partial charge is 0.377 e. The highest BCUT2D eigenvalue weighted by Gasteiger charge is 2.32. The van der Waals surface area contributed by atoms with E-state index < -0.39 is 10.0 Å². The van der Waals surface area contributed by atoms with E-state index in [1.165, 1.54) is 0 Å². The molecular formula is C12H22N4O3S. The van der Waals surface area contributed by atoms with E-state index in [0.717, 1.165) is 6.54 Å². The van der Waals surface area contributed by atoms with Gasteiger partial charge in [0, 0.05) is 13.2 Å². The molecule has 20 heavy (non-hydrogen) atoms. The summed E-state index contributed by atoms with van der Waals surface area (Å²) in [5.41, 5.74) is 1.07. The lowest BCUT2D eigenvalue weighted by Gasteiger charge is -2.16. The quantitative estimate of drug-likeness (QED) is 0.701. The van der Waals surface area contributed by atoms with Crippen molar-refractivity contribution in [3.63, 3.8) is 0 Å². The van der Waals surface area contributed by atoms with Crippen LogP contribution in [0.1, 0.15) is 31.7 Å². The van der Waals surface area contributed by atoms with E-state index in [-0.39, 0.29) is 17.0 Å². The van der Waals surface area contributed by atoms with E-state index in [9.17, 15) is 8.42 Å². The molecule has 3 N–H and O–H groups in total. The summed E-state index contributed by atoms with van der Waals surface area (Å²) in [5.74, 6) is 0. The normalized spacial score (nSPS) is 23.4. The van der Waals surface area contributed by atoms with Crippen molar-refractivity contribution in [2.45, 2.75) is 50.8 Å². The van der Waals surface area contributed by atoms with Gasteiger partial charge in [0.05, 0.1) is 23.5 Å². The molecule has 1 aliphatic heterocycles. The van der Waals surface area contributed by atoms with Crippen molar-refractivity contribution in [1.82, 2.24) is 20.2 Å². The summed E-state index contributed by atoms with van der Waals surface area (Å²) >= 11 is 0. The predicted octanol–water partition coefficient (Wildman–Crippen LogP) is 0.283. The topological polar surface area (TPSA) is 96.1 Å². The summed E-state index contributed by atoms with van der Waals surface area (Å²) in [6, 6.07) is -0.179. The minimum absolute atomic E-state index is 0.103. The Morgan fingerprint density at radius 2 is 2.25 bits per heavy atom. The van der Waals surface area contributed by atoms with Crippen LogP contribution in [0, 0.1) is 6.92 Å². The Kier molecular flexibility index (Phi) is 4.79. The number of nitrogens with one attached hydrogen (secondary N) is 3. The number of aromatic amines is 1. The average molecular weight is 302 g/mol. The number of hydrogen-bond acceptors (Lipinski definition) is 5. The van der Waals surface area contributed by atoms with Crippen molar-refractivity contribution < 1.29 is 13.2 Å². The van der Waals surface area contributed by atoms with Crippen molar-refractivity contribution in [3.05, 3.63) is 11.4 Å². The molecule has 2 rings (SSSR count). The minimum atomic E-state index is -3.59. The molecule has 0 bridgehead atoms. The van der Waals surface area contributed by atoms with Crippen LogP contribution in [-0.2, 0) is 21.3 Å².